The molecule has 2 nitrogen and oxygen atoms in total. The first-order chi connectivity index (χ1) is 5.83. The molecule has 1 unspecified atom stereocenters. The second kappa shape index (κ2) is 5.84. The summed E-state index contributed by atoms with van der Waals surface area (Å²) in [7, 11) is 0. The Hall–Kier alpha value is 0.270. The molecule has 0 aliphatic carbocycles. The summed E-state index contributed by atoms with van der Waals surface area (Å²) < 4.78 is 5.26. The van der Waals surface area contributed by atoms with E-state index < -0.39 is 0 Å². The van der Waals surface area contributed by atoms with Crippen LogP contribution in [-0.4, -0.2) is 35.4 Å². The molecule has 72 valence electrons. The van der Waals surface area contributed by atoms with E-state index in [-0.39, 0.29) is 6.10 Å². The van der Waals surface area contributed by atoms with Crippen LogP contribution in [0.5, 0.6) is 0 Å². The number of ether oxygens (including phenoxy) is 1. The average Bonchev–Trinajstić information content (AvgIpc) is 2.16. The molecule has 0 bridgehead atoms. The zero-order valence-electron chi connectivity index (χ0n) is 7.66. The third kappa shape index (κ3) is 3.78. The molecule has 0 amide bonds. The van der Waals surface area contributed by atoms with E-state index in [1.165, 1.54) is 0 Å². The van der Waals surface area contributed by atoms with Crippen LogP contribution in [0.25, 0.3) is 0 Å². The van der Waals surface area contributed by atoms with E-state index in [0.29, 0.717) is 0 Å². The smallest absolute Gasteiger partial charge is 0.0628 e. The molecule has 0 radical (unpaired) electrons. The fourth-order valence-corrected chi connectivity index (χ4v) is 2.46. The molecule has 1 rings (SSSR count). The molecule has 12 heavy (non-hydrogen) atoms. The van der Waals surface area contributed by atoms with Crippen molar-refractivity contribution in [3.05, 3.63) is 0 Å². The lowest BCUT2D eigenvalue weighted by molar-refractivity contribution is 0.0998. The van der Waals surface area contributed by atoms with E-state index in [1.54, 1.807) is 0 Å². The maximum atomic E-state index is 9.34. The van der Waals surface area contributed by atoms with E-state index >= 15 is 0 Å². The van der Waals surface area contributed by atoms with Gasteiger partial charge in [-0.05, 0) is 19.3 Å². The van der Waals surface area contributed by atoms with Gasteiger partial charge < -0.3 is 9.84 Å². The van der Waals surface area contributed by atoms with Crippen molar-refractivity contribution >= 4 is 11.8 Å². The lowest BCUT2D eigenvalue weighted by Crippen LogP contribution is -2.20. The molecule has 1 fully saturated rings. The zero-order valence-corrected chi connectivity index (χ0v) is 8.48. The molecule has 0 saturated carbocycles. The van der Waals surface area contributed by atoms with Crippen LogP contribution in [0.15, 0.2) is 0 Å². The highest BCUT2D eigenvalue weighted by Crippen LogP contribution is 2.22. The van der Waals surface area contributed by atoms with Gasteiger partial charge >= 0.3 is 0 Å². The molecule has 0 aromatic rings. The van der Waals surface area contributed by atoms with Gasteiger partial charge in [-0.25, -0.2) is 0 Å². The third-order valence-corrected chi connectivity index (χ3v) is 3.68. The van der Waals surface area contributed by atoms with Gasteiger partial charge in [-0.3, -0.25) is 0 Å². The molecule has 1 N–H and O–H groups in total. The van der Waals surface area contributed by atoms with Gasteiger partial charge in [0.15, 0.2) is 0 Å². The van der Waals surface area contributed by atoms with Gasteiger partial charge in [-0.2, -0.15) is 11.8 Å². The molecule has 0 spiro atoms. The van der Waals surface area contributed by atoms with E-state index in [1.807, 2.05) is 18.7 Å². The van der Waals surface area contributed by atoms with E-state index in [9.17, 15) is 5.11 Å². The summed E-state index contributed by atoms with van der Waals surface area (Å²) in [4.78, 5) is 0. The summed E-state index contributed by atoms with van der Waals surface area (Å²) in [6.07, 6.45) is 3.07. The first-order valence-corrected chi connectivity index (χ1v) is 5.75. The van der Waals surface area contributed by atoms with Crippen molar-refractivity contribution in [1.82, 2.24) is 0 Å². The van der Waals surface area contributed by atoms with Crippen LogP contribution in [0.3, 0.4) is 0 Å². The highest BCUT2D eigenvalue weighted by Gasteiger charge is 2.14. The van der Waals surface area contributed by atoms with Gasteiger partial charge in [0.25, 0.3) is 0 Å². The first kappa shape index (κ1) is 10.4. The number of hydrogen-bond acceptors (Lipinski definition) is 3. The van der Waals surface area contributed by atoms with Crippen molar-refractivity contribution < 1.29 is 9.84 Å². The fourth-order valence-electron chi connectivity index (χ4n) is 1.21. The summed E-state index contributed by atoms with van der Waals surface area (Å²) in [6, 6.07) is 0. The second-order valence-electron chi connectivity index (χ2n) is 3.21. The Morgan fingerprint density at radius 1 is 1.50 bits per heavy atom. The standard InChI is InChI=1S/C9H18O2S/c1-2-8(10)7-12-9-3-5-11-6-4-9/h8-10H,2-7H2,1H3. The topological polar surface area (TPSA) is 29.5 Å². The molecule has 1 saturated heterocycles. The molecule has 0 aromatic heterocycles. The van der Waals surface area contributed by atoms with Crippen LogP contribution >= 0.6 is 11.8 Å². The summed E-state index contributed by atoms with van der Waals surface area (Å²) in [5, 5.41) is 10.1. The number of aliphatic hydroxyl groups is 1. The van der Waals surface area contributed by atoms with Crippen molar-refractivity contribution in [1.29, 1.82) is 0 Å². The van der Waals surface area contributed by atoms with Gasteiger partial charge in [0, 0.05) is 24.2 Å². The average molecular weight is 190 g/mol. The number of thioether (sulfide) groups is 1. The lowest BCUT2D eigenvalue weighted by atomic mass is 10.2. The summed E-state index contributed by atoms with van der Waals surface area (Å²) >= 11 is 1.90. The van der Waals surface area contributed by atoms with E-state index in [2.05, 4.69) is 0 Å². The van der Waals surface area contributed by atoms with Crippen LogP contribution in [0, 0.1) is 0 Å². The molecule has 1 aliphatic heterocycles. The Bertz CT molecular complexity index is 113. The Labute approximate surface area is 78.7 Å². The summed E-state index contributed by atoms with van der Waals surface area (Å²) in [5.41, 5.74) is 0. The van der Waals surface area contributed by atoms with Crippen molar-refractivity contribution in [3.8, 4) is 0 Å². The van der Waals surface area contributed by atoms with Crippen LogP contribution in [0.4, 0.5) is 0 Å². The molecular weight excluding hydrogens is 172 g/mol. The quantitative estimate of drug-likeness (QED) is 0.731. The minimum absolute atomic E-state index is 0.113. The maximum Gasteiger partial charge on any atom is 0.0628 e. The van der Waals surface area contributed by atoms with Crippen LogP contribution in [-0.2, 0) is 4.74 Å². The van der Waals surface area contributed by atoms with Crippen LogP contribution in [0.2, 0.25) is 0 Å². The molecule has 1 atom stereocenters. The van der Waals surface area contributed by atoms with Gasteiger partial charge in [0.05, 0.1) is 6.10 Å². The minimum Gasteiger partial charge on any atom is -0.392 e. The van der Waals surface area contributed by atoms with Crippen LogP contribution < -0.4 is 0 Å². The Balaban J connectivity index is 2.05. The number of rotatable bonds is 4. The normalized spacial score (nSPS) is 22.5. The number of aliphatic hydroxyl groups excluding tert-OH is 1. The molecular formula is C9H18O2S. The van der Waals surface area contributed by atoms with Crippen molar-refractivity contribution in [3.63, 3.8) is 0 Å². The largest absolute Gasteiger partial charge is 0.392 e. The van der Waals surface area contributed by atoms with Gasteiger partial charge in [-0.1, -0.05) is 6.92 Å². The lowest BCUT2D eigenvalue weighted by Gasteiger charge is -2.22. The maximum absolute atomic E-state index is 9.34. The van der Waals surface area contributed by atoms with E-state index in [0.717, 1.165) is 43.5 Å². The molecule has 0 aromatic carbocycles. The van der Waals surface area contributed by atoms with E-state index in [4.69, 9.17) is 4.74 Å². The minimum atomic E-state index is -0.113. The Morgan fingerprint density at radius 3 is 2.75 bits per heavy atom. The molecule has 1 aliphatic rings. The monoisotopic (exact) mass is 190 g/mol. The molecule has 1 heterocycles. The summed E-state index contributed by atoms with van der Waals surface area (Å²) in [6.45, 7) is 3.83. The first-order valence-electron chi connectivity index (χ1n) is 4.70. The van der Waals surface area contributed by atoms with Crippen LogP contribution in [0.1, 0.15) is 26.2 Å². The van der Waals surface area contributed by atoms with Gasteiger partial charge in [0.1, 0.15) is 0 Å². The van der Waals surface area contributed by atoms with Crippen molar-refractivity contribution in [2.24, 2.45) is 0 Å². The Kier molecular flexibility index (Phi) is 5.04. The second-order valence-corrected chi connectivity index (χ2v) is 4.54. The predicted molar refractivity (Wildman–Crippen MR) is 52.6 cm³/mol. The predicted octanol–water partition coefficient (Wildman–Crippen LogP) is 1.67. The number of hydrogen-bond donors (Lipinski definition) is 1. The van der Waals surface area contributed by atoms with Crippen molar-refractivity contribution in [2.45, 2.75) is 37.5 Å². The zero-order chi connectivity index (χ0) is 8.81. The van der Waals surface area contributed by atoms with Gasteiger partial charge in [0.2, 0.25) is 0 Å². The van der Waals surface area contributed by atoms with Gasteiger partial charge in [-0.15, -0.1) is 0 Å². The van der Waals surface area contributed by atoms with Crippen molar-refractivity contribution in [2.75, 3.05) is 19.0 Å². The SMILES string of the molecule is CCC(O)CSC1CCOCC1. The Morgan fingerprint density at radius 2 is 2.17 bits per heavy atom. The highest BCUT2D eigenvalue weighted by molar-refractivity contribution is 7.99. The fraction of sp³-hybridized carbons (Fsp3) is 1.00. The third-order valence-electron chi connectivity index (χ3n) is 2.16. The highest BCUT2D eigenvalue weighted by atomic mass is 32.2. The summed E-state index contributed by atoms with van der Waals surface area (Å²) in [5.74, 6) is 0.890. The molecule has 3 heteroatoms.